The third-order valence-electron chi connectivity index (χ3n) is 5.16. The van der Waals surface area contributed by atoms with E-state index in [4.69, 9.17) is 17.0 Å². The van der Waals surface area contributed by atoms with Crippen molar-refractivity contribution in [1.82, 2.24) is 14.9 Å². The maximum atomic E-state index is 13.1. The van der Waals surface area contributed by atoms with Crippen molar-refractivity contribution < 1.29 is 14.3 Å². The van der Waals surface area contributed by atoms with Gasteiger partial charge in [0.05, 0.1) is 4.91 Å². The highest BCUT2D eigenvalue weighted by Crippen LogP contribution is 2.35. The Bertz CT molecular complexity index is 1040. The Morgan fingerprint density at radius 3 is 2.53 bits per heavy atom. The van der Waals surface area contributed by atoms with E-state index in [0.29, 0.717) is 20.7 Å². The molecular formula is C23H24N4O3S2. The van der Waals surface area contributed by atoms with Gasteiger partial charge < -0.3 is 15.0 Å². The van der Waals surface area contributed by atoms with Crippen LogP contribution in [-0.4, -0.2) is 70.9 Å². The van der Waals surface area contributed by atoms with Gasteiger partial charge in [0.15, 0.2) is 10.9 Å². The number of nitrogens with zero attached hydrogens (tertiary/aromatic N) is 3. The number of anilines is 1. The Hall–Kier alpha value is -2.72. The molecule has 4 rings (SSSR count). The van der Waals surface area contributed by atoms with E-state index in [1.54, 1.807) is 17.2 Å². The number of thioether (sulfide) groups is 1. The van der Waals surface area contributed by atoms with Gasteiger partial charge in [-0.05, 0) is 31.3 Å². The zero-order valence-corrected chi connectivity index (χ0v) is 19.3. The van der Waals surface area contributed by atoms with Crippen LogP contribution in [0.4, 0.5) is 5.69 Å². The van der Waals surface area contributed by atoms with Crippen molar-refractivity contribution in [2.75, 3.05) is 45.2 Å². The molecule has 2 aliphatic rings. The zero-order valence-electron chi connectivity index (χ0n) is 17.7. The molecule has 0 atom stereocenters. The number of carbonyl (C=O) groups is 2. The highest BCUT2D eigenvalue weighted by atomic mass is 32.2. The predicted molar refractivity (Wildman–Crippen MR) is 131 cm³/mol. The van der Waals surface area contributed by atoms with Crippen LogP contribution in [0, 0.1) is 0 Å². The monoisotopic (exact) mass is 468 g/mol. The van der Waals surface area contributed by atoms with Gasteiger partial charge in [-0.25, -0.2) is 10.0 Å². The summed E-state index contributed by atoms with van der Waals surface area (Å²) >= 11 is 6.77. The molecule has 0 aliphatic carbocycles. The van der Waals surface area contributed by atoms with Crippen molar-refractivity contribution in [3.63, 3.8) is 0 Å². The molecule has 0 bridgehead atoms. The van der Waals surface area contributed by atoms with Crippen LogP contribution in [0.3, 0.4) is 0 Å². The molecule has 2 saturated heterocycles. The summed E-state index contributed by atoms with van der Waals surface area (Å²) in [6.07, 6.45) is 1.78. The van der Waals surface area contributed by atoms with E-state index in [1.165, 1.54) is 11.8 Å². The molecule has 0 saturated carbocycles. The van der Waals surface area contributed by atoms with Crippen molar-refractivity contribution in [1.29, 1.82) is 0 Å². The van der Waals surface area contributed by atoms with Gasteiger partial charge in [0, 0.05) is 37.4 Å². The molecule has 9 heteroatoms. The van der Waals surface area contributed by atoms with Gasteiger partial charge >= 0.3 is 0 Å². The summed E-state index contributed by atoms with van der Waals surface area (Å²) < 4.78 is 6.29. The van der Waals surface area contributed by atoms with Gasteiger partial charge in [-0.2, -0.15) is 0 Å². The summed E-state index contributed by atoms with van der Waals surface area (Å²) in [5.41, 5.74) is 1.43. The molecule has 32 heavy (non-hydrogen) atoms. The average Bonchev–Trinajstić information content (AvgIpc) is 3.07. The maximum Gasteiger partial charge on any atom is 0.280 e. The predicted octanol–water partition coefficient (Wildman–Crippen LogP) is 3.07. The first kappa shape index (κ1) is 22.5. The van der Waals surface area contributed by atoms with Gasteiger partial charge in [-0.1, -0.05) is 60.4 Å². The molecule has 166 valence electrons. The minimum absolute atomic E-state index is 0.124. The Morgan fingerprint density at radius 1 is 1.09 bits per heavy atom. The molecule has 2 aromatic carbocycles. The molecule has 0 unspecified atom stereocenters. The molecular weight excluding hydrogens is 444 g/mol. The fourth-order valence-electron chi connectivity index (χ4n) is 3.43. The zero-order chi connectivity index (χ0) is 22.5. The fraction of sp³-hybridized carbons (Fsp3) is 0.261. The molecule has 0 radical (unpaired) electrons. The number of thiocarbonyl (C=S) groups is 1. The number of hydrogen-bond donors (Lipinski definition) is 1. The third kappa shape index (κ3) is 5.36. The topological polar surface area (TPSA) is 65.1 Å². The second-order valence-electron chi connectivity index (χ2n) is 7.49. The molecule has 0 spiro atoms. The van der Waals surface area contributed by atoms with Crippen molar-refractivity contribution in [3.05, 3.63) is 65.1 Å². The van der Waals surface area contributed by atoms with Crippen molar-refractivity contribution in [3.8, 4) is 5.75 Å². The first-order chi connectivity index (χ1) is 15.5. The number of likely N-dealkylation sites (N-methyl/N-ethyl adjacent to an activating group) is 1. The van der Waals surface area contributed by atoms with Gasteiger partial charge in [0.2, 0.25) is 0 Å². The Balaban J connectivity index is 1.43. The van der Waals surface area contributed by atoms with Gasteiger partial charge in [-0.15, -0.1) is 0 Å². The summed E-state index contributed by atoms with van der Waals surface area (Å²) in [5.74, 6) is 0.147. The van der Waals surface area contributed by atoms with E-state index >= 15 is 0 Å². The Morgan fingerprint density at radius 2 is 1.78 bits per heavy atom. The second kappa shape index (κ2) is 10.3. The first-order valence-electron chi connectivity index (χ1n) is 10.3. The molecule has 1 N–H and O–H groups in total. The van der Waals surface area contributed by atoms with Crippen LogP contribution in [0.5, 0.6) is 5.75 Å². The first-order valence-corrected chi connectivity index (χ1v) is 11.5. The van der Waals surface area contributed by atoms with Crippen LogP contribution in [0.25, 0.3) is 6.08 Å². The average molecular weight is 469 g/mol. The van der Waals surface area contributed by atoms with Crippen molar-refractivity contribution >= 4 is 51.9 Å². The Labute approximate surface area is 197 Å². The van der Waals surface area contributed by atoms with Gasteiger partial charge in [0.1, 0.15) is 5.75 Å². The lowest BCUT2D eigenvalue weighted by molar-refractivity contribution is -0.135. The van der Waals surface area contributed by atoms with Crippen LogP contribution in [0.15, 0.2) is 59.5 Å². The number of hydrazine groups is 1. The fourth-order valence-corrected chi connectivity index (χ4v) is 4.73. The van der Waals surface area contributed by atoms with Crippen LogP contribution in [0.2, 0.25) is 0 Å². The number of rotatable bonds is 6. The molecule has 2 aromatic rings. The van der Waals surface area contributed by atoms with E-state index in [2.05, 4.69) is 17.3 Å². The number of piperazine rings is 1. The van der Waals surface area contributed by atoms with E-state index in [9.17, 15) is 9.59 Å². The standard InChI is InChI=1S/C23H24N4O3S2/c1-25-11-13-26(14-12-25)27-22(29)20(32-23(27)31)15-17-7-5-6-10-19(17)30-16-21(28)24-18-8-3-2-4-9-18/h2-10,15H,11-14,16H2,1H3,(H,24,28)/b20-15-. The molecule has 2 aliphatic heterocycles. The van der Waals surface area contributed by atoms with Gasteiger partial charge in [-0.3, -0.25) is 9.59 Å². The van der Waals surface area contributed by atoms with Crippen molar-refractivity contribution in [2.24, 2.45) is 0 Å². The number of ether oxygens (including phenoxy) is 1. The van der Waals surface area contributed by atoms with Crippen LogP contribution >= 0.6 is 24.0 Å². The van der Waals surface area contributed by atoms with Crippen LogP contribution in [0.1, 0.15) is 5.56 Å². The summed E-state index contributed by atoms with van der Waals surface area (Å²) in [6, 6.07) is 16.5. The summed E-state index contributed by atoms with van der Waals surface area (Å²) in [7, 11) is 2.07. The number of benzene rings is 2. The quantitative estimate of drug-likeness (QED) is 0.516. The number of nitrogens with one attached hydrogen (secondary N) is 1. The van der Waals surface area contributed by atoms with E-state index in [0.717, 1.165) is 31.7 Å². The summed E-state index contributed by atoms with van der Waals surface area (Å²) in [5, 5.41) is 6.41. The van der Waals surface area contributed by atoms with E-state index < -0.39 is 0 Å². The lowest BCUT2D eigenvalue weighted by Crippen LogP contribution is -2.54. The normalized spacial score (nSPS) is 18.9. The minimum Gasteiger partial charge on any atom is -0.483 e. The smallest absolute Gasteiger partial charge is 0.280 e. The Kier molecular flexibility index (Phi) is 7.21. The second-order valence-corrected chi connectivity index (χ2v) is 9.17. The number of para-hydroxylation sites is 2. The lowest BCUT2D eigenvalue weighted by Gasteiger charge is -2.37. The molecule has 2 fully saturated rings. The number of hydrogen-bond acceptors (Lipinski definition) is 7. The maximum absolute atomic E-state index is 13.1. The molecule has 2 amide bonds. The molecule has 7 nitrogen and oxygen atoms in total. The van der Waals surface area contributed by atoms with Crippen LogP contribution in [-0.2, 0) is 9.59 Å². The SMILES string of the molecule is CN1CCN(N2C(=O)/C(=C/c3ccccc3OCC(=O)Nc3ccccc3)SC2=S)CC1. The number of carbonyl (C=O) groups excluding carboxylic acids is 2. The molecule has 2 heterocycles. The van der Waals surface area contributed by atoms with E-state index in [1.807, 2.05) is 53.5 Å². The van der Waals surface area contributed by atoms with Crippen LogP contribution < -0.4 is 10.1 Å². The minimum atomic E-state index is -0.257. The largest absolute Gasteiger partial charge is 0.483 e. The summed E-state index contributed by atoms with van der Waals surface area (Å²) in [6.45, 7) is 3.15. The highest BCUT2D eigenvalue weighted by molar-refractivity contribution is 8.26. The third-order valence-corrected chi connectivity index (χ3v) is 6.44. The summed E-state index contributed by atoms with van der Waals surface area (Å²) in [4.78, 5) is 28.1. The van der Waals surface area contributed by atoms with Crippen molar-refractivity contribution in [2.45, 2.75) is 0 Å². The van der Waals surface area contributed by atoms with Gasteiger partial charge in [0.25, 0.3) is 11.8 Å². The lowest BCUT2D eigenvalue weighted by atomic mass is 10.2. The van der Waals surface area contributed by atoms with E-state index in [-0.39, 0.29) is 18.4 Å². The molecule has 0 aromatic heterocycles. The highest BCUT2D eigenvalue weighted by Gasteiger charge is 2.37. The number of amides is 2.